The molecule has 0 saturated heterocycles. The highest BCUT2D eigenvalue weighted by Crippen LogP contribution is 2.38. The largest absolute Gasteiger partial charge is 0.491 e. The highest BCUT2D eigenvalue weighted by atomic mass is 127. The van der Waals surface area contributed by atoms with Crippen molar-refractivity contribution in [2.75, 3.05) is 20.2 Å². The highest BCUT2D eigenvalue weighted by molar-refractivity contribution is 14.1. The predicted octanol–water partition coefficient (Wildman–Crippen LogP) is 7.14. The van der Waals surface area contributed by atoms with E-state index in [4.69, 9.17) is 37.3 Å². The van der Waals surface area contributed by atoms with Crippen LogP contribution in [0.25, 0.3) is 22.8 Å². The standard InChI is InChI=1S/C26H34Cl2IN5O4Si/c1-15-21(22-20(29)12-30-34(22)6)31-24(32-23(15)28)18-11-16(9-10-19(18)27)37-14-17(13-33(5)25(35)36)38-39(7,8)26(2,3)4/h9-12,17H,13-14H2,1-8H3,(H,35,36)/t17-/m1/s1. The van der Waals surface area contributed by atoms with Crippen LogP contribution in [-0.4, -0.2) is 70.5 Å². The minimum Gasteiger partial charge on any atom is -0.491 e. The molecule has 9 nitrogen and oxygen atoms in total. The molecular formula is C26H34Cl2IN5O4Si. The Morgan fingerprint density at radius 3 is 2.49 bits per heavy atom. The molecule has 0 spiro atoms. The van der Waals surface area contributed by atoms with Crippen LogP contribution in [-0.2, 0) is 11.5 Å². The Bertz CT molecular complexity index is 1340. The summed E-state index contributed by atoms with van der Waals surface area (Å²) in [6, 6.07) is 5.21. The smallest absolute Gasteiger partial charge is 0.407 e. The molecule has 3 rings (SSSR count). The van der Waals surface area contributed by atoms with Gasteiger partial charge in [0.05, 0.1) is 33.1 Å². The van der Waals surface area contributed by atoms with Gasteiger partial charge in [0.2, 0.25) is 0 Å². The van der Waals surface area contributed by atoms with Gasteiger partial charge in [0.25, 0.3) is 0 Å². The first-order chi connectivity index (χ1) is 18.0. The number of benzene rings is 1. The second-order valence-electron chi connectivity index (χ2n) is 10.9. The summed E-state index contributed by atoms with van der Waals surface area (Å²) < 4.78 is 15.3. The third-order valence-corrected chi connectivity index (χ3v) is 12.9. The van der Waals surface area contributed by atoms with E-state index in [-0.39, 0.29) is 18.2 Å². The van der Waals surface area contributed by atoms with Crippen molar-refractivity contribution in [3.05, 3.63) is 43.7 Å². The van der Waals surface area contributed by atoms with Crippen LogP contribution in [0.2, 0.25) is 28.3 Å². The number of nitrogens with zero attached hydrogens (tertiary/aromatic N) is 5. The van der Waals surface area contributed by atoms with Crippen LogP contribution in [0.4, 0.5) is 4.79 Å². The summed E-state index contributed by atoms with van der Waals surface area (Å²) in [5.41, 5.74) is 2.78. The molecule has 2 aromatic heterocycles. The van der Waals surface area contributed by atoms with Crippen molar-refractivity contribution in [2.45, 2.75) is 51.9 Å². The minimum atomic E-state index is -2.20. The van der Waals surface area contributed by atoms with E-state index in [0.717, 1.165) is 14.8 Å². The number of carboxylic acid groups (broad SMARTS) is 1. The lowest BCUT2D eigenvalue weighted by atomic mass is 10.1. The van der Waals surface area contributed by atoms with Crippen molar-refractivity contribution in [2.24, 2.45) is 7.05 Å². The Morgan fingerprint density at radius 1 is 1.26 bits per heavy atom. The number of likely N-dealkylation sites (N-methyl/N-ethyl adjacent to an activating group) is 1. The monoisotopic (exact) mass is 705 g/mol. The van der Waals surface area contributed by atoms with Crippen molar-refractivity contribution in [1.29, 1.82) is 0 Å². The molecule has 0 aliphatic carbocycles. The molecule has 1 amide bonds. The molecular weight excluding hydrogens is 672 g/mol. The molecule has 0 bridgehead atoms. The van der Waals surface area contributed by atoms with Gasteiger partial charge in [-0.2, -0.15) is 5.10 Å². The van der Waals surface area contributed by atoms with E-state index >= 15 is 0 Å². The van der Waals surface area contributed by atoms with Crippen LogP contribution >= 0.6 is 45.8 Å². The Labute approximate surface area is 254 Å². The van der Waals surface area contributed by atoms with Crippen LogP contribution in [0.3, 0.4) is 0 Å². The summed E-state index contributed by atoms with van der Waals surface area (Å²) in [6.07, 6.45) is 0.269. The molecule has 0 radical (unpaired) electrons. The molecule has 0 aliphatic heterocycles. The molecule has 3 aromatic rings. The Kier molecular flexibility index (Phi) is 9.96. The zero-order valence-electron chi connectivity index (χ0n) is 23.3. The molecule has 1 aromatic carbocycles. The molecule has 0 fully saturated rings. The molecule has 1 N–H and O–H groups in total. The molecule has 13 heteroatoms. The molecule has 39 heavy (non-hydrogen) atoms. The van der Waals surface area contributed by atoms with E-state index in [1.165, 1.54) is 11.9 Å². The lowest BCUT2D eigenvalue weighted by Crippen LogP contribution is -2.49. The van der Waals surface area contributed by atoms with Gasteiger partial charge in [-0.05, 0) is 65.8 Å². The molecule has 0 saturated carbocycles. The maximum atomic E-state index is 11.5. The van der Waals surface area contributed by atoms with E-state index in [1.807, 2.05) is 14.0 Å². The van der Waals surface area contributed by atoms with E-state index in [0.29, 0.717) is 33.0 Å². The maximum absolute atomic E-state index is 11.5. The summed E-state index contributed by atoms with van der Waals surface area (Å²) in [5.74, 6) is 0.876. The molecule has 212 valence electrons. The second-order valence-corrected chi connectivity index (χ2v) is 17.6. The van der Waals surface area contributed by atoms with E-state index in [2.05, 4.69) is 66.5 Å². The number of amides is 1. The minimum absolute atomic E-state index is 0.0497. The van der Waals surface area contributed by atoms with Gasteiger partial charge in [-0.25, -0.2) is 14.8 Å². The van der Waals surface area contributed by atoms with Crippen LogP contribution in [0.5, 0.6) is 5.75 Å². The van der Waals surface area contributed by atoms with Gasteiger partial charge in [0.15, 0.2) is 14.1 Å². The van der Waals surface area contributed by atoms with E-state index in [9.17, 15) is 9.90 Å². The molecule has 2 heterocycles. The van der Waals surface area contributed by atoms with Crippen molar-refractivity contribution < 1.29 is 19.1 Å². The van der Waals surface area contributed by atoms with Gasteiger partial charge in [-0.1, -0.05) is 44.0 Å². The van der Waals surface area contributed by atoms with Crippen molar-refractivity contribution in [3.63, 3.8) is 0 Å². The zero-order valence-corrected chi connectivity index (χ0v) is 28.0. The summed E-state index contributed by atoms with van der Waals surface area (Å²) in [7, 11) is 1.17. The number of aromatic nitrogens is 4. The topological polar surface area (TPSA) is 103 Å². The Hall–Kier alpha value is -1.93. The van der Waals surface area contributed by atoms with Crippen molar-refractivity contribution >= 4 is 60.2 Å². The van der Waals surface area contributed by atoms with Gasteiger partial charge in [0.1, 0.15) is 23.2 Å². The van der Waals surface area contributed by atoms with Gasteiger partial charge >= 0.3 is 6.09 Å². The number of aryl methyl sites for hydroxylation is 1. The first kappa shape index (κ1) is 31.6. The van der Waals surface area contributed by atoms with Crippen LogP contribution in [0, 0.1) is 10.5 Å². The fraction of sp³-hybridized carbons (Fsp3) is 0.462. The lowest BCUT2D eigenvalue weighted by Gasteiger charge is -2.39. The van der Waals surface area contributed by atoms with Crippen molar-refractivity contribution in [3.8, 4) is 28.5 Å². The van der Waals surface area contributed by atoms with Crippen LogP contribution in [0.1, 0.15) is 26.3 Å². The van der Waals surface area contributed by atoms with Gasteiger partial charge in [0, 0.05) is 25.2 Å². The van der Waals surface area contributed by atoms with Gasteiger partial charge < -0.3 is 19.2 Å². The Balaban J connectivity index is 1.93. The van der Waals surface area contributed by atoms with Crippen molar-refractivity contribution in [1.82, 2.24) is 24.6 Å². The number of hydrogen-bond acceptors (Lipinski definition) is 6. The quantitative estimate of drug-likeness (QED) is 0.143. The fourth-order valence-corrected chi connectivity index (χ4v) is 6.00. The summed E-state index contributed by atoms with van der Waals surface area (Å²) in [4.78, 5) is 22.0. The Morgan fingerprint density at radius 2 is 1.92 bits per heavy atom. The zero-order chi connectivity index (χ0) is 29.3. The van der Waals surface area contributed by atoms with E-state index < -0.39 is 20.5 Å². The molecule has 1 atom stereocenters. The number of carbonyl (C=O) groups is 1. The third kappa shape index (κ3) is 7.43. The maximum Gasteiger partial charge on any atom is 0.407 e. The summed E-state index contributed by atoms with van der Waals surface area (Å²) >= 11 is 15.3. The first-order valence-electron chi connectivity index (χ1n) is 12.3. The second kappa shape index (κ2) is 12.3. The number of rotatable bonds is 9. The molecule has 0 unspecified atom stereocenters. The number of halogens is 3. The van der Waals surface area contributed by atoms with E-state index in [1.54, 1.807) is 29.1 Å². The molecule has 0 aliphatic rings. The number of hydrogen-bond donors (Lipinski definition) is 1. The number of ether oxygens (including phenoxy) is 1. The van der Waals surface area contributed by atoms with Gasteiger partial charge in [-0.3, -0.25) is 4.68 Å². The highest BCUT2D eigenvalue weighted by Gasteiger charge is 2.39. The SMILES string of the molecule is Cc1c(Cl)nc(-c2cc(OC[C@@H](CN(C)C(=O)O)O[Si](C)(C)C(C)(C)C)ccc2Cl)nc1-c1c(I)cnn1C. The fourth-order valence-electron chi connectivity index (χ4n) is 3.57. The average molecular weight is 706 g/mol. The van der Waals surface area contributed by atoms with Gasteiger partial charge in [-0.15, -0.1) is 0 Å². The van der Waals surface area contributed by atoms with Crippen LogP contribution in [0.15, 0.2) is 24.4 Å². The van der Waals surface area contributed by atoms with Crippen LogP contribution < -0.4 is 4.74 Å². The average Bonchev–Trinajstić information content (AvgIpc) is 3.16. The summed E-state index contributed by atoms with van der Waals surface area (Å²) in [6.45, 7) is 12.8. The normalized spacial score (nSPS) is 12.9. The first-order valence-corrected chi connectivity index (χ1v) is 17.0. The lowest BCUT2D eigenvalue weighted by molar-refractivity contribution is 0.0794. The summed E-state index contributed by atoms with van der Waals surface area (Å²) in [5, 5.41) is 14.5. The predicted molar refractivity (Wildman–Crippen MR) is 165 cm³/mol. The third-order valence-electron chi connectivity index (χ3n) is 6.89.